The minimum Gasteiger partial charge on any atom is -0.334 e. The molecule has 1 saturated carbocycles. The summed E-state index contributed by atoms with van der Waals surface area (Å²) in [7, 11) is 0. The summed E-state index contributed by atoms with van der Waals surface area (Å²) in [6.45, 7) is 8.02. The van der Waals surface area contributed by atoms with Gasteiger partial charge in [-0.2, -0.15) is 0 Å². The maximum Gasteiger partial charge on any atom is 0.321 e. The number of nitrogens with one attached hydrogen (secondary N) is 2. The predicted molar refractivity (Wildman–Crippen MR) is 82.0 cm³/mol. The van der Waals surface area contributed by atoms with Gasteiger partial charge >= 0.3 is 6.03 Å². The summed E-state index contributed by atoms with van der Waals surface area (Å²) in [5, 5.41) is 4.87. The van der Waals surface area contributed by atoms with Gasteiger partial charge < -0.3 is 5.32 Å². The van der Waals surface area contributed by atoms with Gasteiger partial charge in [0, 0.05) is 38.8 Å². The SMILES string of the molecule is C=CCNC(=O)NC(=O)CN1CCN(C2CCCC2)CC1. The molecule has 0 aromatic rings. The molecule has 1 heterocycles. The van der Waals surface area contributed by atoms with Crippen LogP contribution < -0.4 is 10.6 Å². The number of carbonyl (C=O) groups is 2. The summed E-state index contributed by atoms with van der Waals surface area (Å²) >= 11 is 0. The van der Waals surface area contributed by atoms with Crippen LogP contribution in [0.25, 0.3) is 0 Å². The number of imide groups is 1. The molecule has 3 amide bonds. The fourth-order valence-electron chi connectivity index (χ4n) is 3.13. The number of urea groups is 1. The Morgan fingerprint density at radius 1 is 1.14 bits per heavy atom. The largest absolute Gasteiger partial charge is 0.334 e. The lowest BCUT2D eigenvalue weighted by molar-refractivity contribution is -0.121. The molecule has 2 aliphatic rings. The smallest absolute Gasteiger partial charge is 0.321 e. The standard InChI is InChI=1S/C15H26N4O2/c1-2-7-16-15(21)17-14(20)12-18-8-10-19(11-9-18)13-5-3-4-6-13/h2,13H,1,3-12H2,(H2,16,17,20,21). The van der Waals surface area contributed by atoms with Crippen LogP contribution in [0.5, 0.6) is 0 Å². The Bertz CT molecular complexity index is 372. The van der Waals surface area contributed by atoms with E-state index >= 15 is 0 Å². The van der Waals surface area contributed by atoms with Crippen LogP contribution in [0.2, 0.25) is 0 Å². The van der Waals surface area contributed by atoms with Crippen LogP contribution in [0.15, 0.2) is 12.7 Å². The highest BCUT2D eigenvalue weighted by atomic mass is 16.2. The van der Waals surface area contributed by atoms with Crippen LogP contribution in [-0.4, -0.2) is 67.0 Å². The van der Waals surface area contributed by atoms with Crippen LogP contribution in [0.1, 0.15) is 25.7 Å². The summed E-state index contributed by atoms with van der Waals surface area (Å²) in [6.07, 6.45) is 6.93. The summed E-state index contributed by atoms with van der Waals surface area (Å²) in [5.74, 6) is -0.245. The Morgan fingerprint density at radius 2 is 1.81 bits per heavy atom. The van der Waals surface area contributed by atoms with Gasteiger partial charge in [0.15, 0.2) is 0 Å². The lowest BCUT2D eigenvalue weighted by Crippen LogP contribution is -2.52. The molecule has 0 bridgehead atoms. The van der Waals surface area contributed by atoms with Gasteiger partial charge in [-0.3, -0.25) is 19.9 Å². The topological polar surface area (TPSA) is 64.7 Å². The molecule has 0 aromatic carbocycles. The van der Waals surface area contributed by atoms with Crippen molar-refractivity contribution in [2.45, 2.75) is 31.7 Å². The average Bonchev–Trinajstić information content (AvgIpc) is 3.00. The van der Waals surface area contributed by atoms with E-state index in [1.54, 1.807) is 6.08 Å². The maximum atomic E-state index is 11.8. The first-order chi connectivity index (χ1) is 10.2. The zero-order valence-electron chi connectivity index (χ0n) is 12.6. The van der Waals surface area contributed by atoms with Crippen molar-refractivity contribution < 1.29 is 9.59 Å². The molecule has 0 atom stereocenters. The molecule has 1 saturated heterocycles. The molecule has 0 spiro atoms. The van der Waals surface area contributed by atoms with Crippen molar-refractivity contribution in [3.63, 3.8) is 0 Å². The second-order valence-electron chi connectivity index (χ2n) is 5.80. The van der Waals surface area contributed by atoms with Crippen molar-refractivity contribution in [2.24, 2.45) is 0 Å². The van der Waals surface area contributed by atoms with E-state index in [0.717, 1.165) is 32.2 Å². The van der Waals surface area contributed by atoms with Crippen molar-refractivity contribution >= 4 is 11.9 Å². The molecular formula is C15H26N4O2. The van der Waals surface area contributed by atoms with Gasteiger partial charge in [0.05, 0.1) is 6.54 Å². The van der Waals surface area contributed by atoms with Crippen LogP contribution in [0.3, 0.4) is 0 Å². The summed E-state index contributed by atoms with van der Waals surface area (Å²) in [5.41, 5.74) is 0. The third kappa shape index (κ3) is 5.13. The molecular weight excluding hydrogens is 268 g/mol. The number of nitrogens with zero attached hydrogens (tertiary/aromatic N) is 2. The second-order valence-corrected chi connectivity index (χ2v) is 5.80. The second kappa shape index (κ2) is 8.14. The molecule has 6 nitrogen and oxygen atoms in total. The quantitative estimate of drug-likeness (QED) is 0.727. The molecule has 6 heteroatoms. The van der Waals surface area contributed by atoms with E-state index < -0.39 is 6.03 Å². The number of amides is 3. The molecule has 1 aliphatic carbocycles. The van der Waals surface area contributed by atoms with Crippen molar-refractivity contribution in [2.75, 3.05) is 39.3 Å². The average molecular weight is 294 g/mol. The lowest BCUT2D eigenvalue weighted by atomic mass is 10.2. The lowest BCUT2D eigenvalue weighted by Gasteiger charge is -2.37. The highest BCUT2D eigenvalue weighted by molar-refractivity contribution is 5.95. The van der Waals surface area contributed by atoms with Crippen LogP contribution in [0, 0.1) is 0 Å². The predicted octanol–water partition coefficient (Wildman–Crippen LogP) is 0.558. The fourth-order valence-corrected chi connectivity index (χ4v) is 3.13. The number of hydrogen-bond acceptors (Lipinski definition) is 4. The van der Waals surface area contributed by atoms with Gasteiger partial charge in [-0.05, 0) is 12.8 Å². The summed E-state index contributed by atoms with van der Waals surface area (Å²) in [6, 6.07) is 0.301. The van der Waals surface area contributed by atoms with Gasteiger partial charge in [0.2, 0.25) is 5.91 Å². The number of piperazine rings is 1. The Labute approximate surface area is 126 Å². The maximum absolute atomic E-state index is 11.8. The van der Waals surface area contributed by atoms with E-state index in [2.05, 4.69) is 27.0 Å². The first-order valence-corrected chi connectivity index (χ1v) is 7.84. The molecule has 0 radical (unpaired) electrons. The van der Waals surface area contributed by atoms with Crippen LogP contribution >= 0.6 is 0 Å². The summed E-state index contributed by atoms with van der Waals surface area (Å²) < 4.78 is 0. The van der Waals surface area contributed by atoms with E-state index in [1.807, 2.05) is 0 Å². The van der Waals surface area contributed by atoms with Crippen molar-refractivity contribution in [3.8, 4) is 0 Å². The molecule has 118 valence electrons. The summed E-state index contributed by atoms with van der Waals surface area (Å²) in [4.78, 5) is 27.8. The van der Waals surface area contributed by atoms with Gasteiger partial charge in [-0.1, -0.05) is 18.9 Å². The molecule has 0 unspecified atom stereocenters. The van der Waals surface area contributed by atoms with Gasteiger partial charge in [-0.25, -0.2) is 4.79 Å². The zero-order valence-corrected chi connectivity index (χ0v) is 12.6. The fraction of sp³-hybridized carbons (Fsp3) is 0.733. The first-order valence-electron chi connectivity index (χ1n) is 7.84. The number of carbonyl (C=O) groups excluding carboxylic acids is 2. The molecule has 0 aromatic heterocycles. The third-order valence-electron chi connectivity index (χ3n) is 4.28. The van der Waals surface area contributed by atoms with E-state index in [4.69, 9.17) is 0 Å². The number of rotatable bonds is 5. The van der Waals surface area contributed by atoms with Crippen molar-refractivity contribution in [3.05, 3.63) is 12.7 Å². The molecule has 21 heavy (non-hydrogen) atoms. The number of hydrogen-bond donors (Lipinski definition) is 2. The van der Waals surface area contributed by atoms with E-state index in [9.17, 15) is 9.59 Å². The van der Waals surface area contributed by atoms with Gasteiger partial charge in [0.25, 0.3) is 0 Å². The monoisotopic (exact) mass is 294 g/mol. The molecule has 2 rings (SSSR count). The minimum atomic E-state index is -0.454. The Balaban J connectivity index is 1.64. The normalized spacial score (nSPS) is 21.1. The third-order valence-corrected chi connectivity index (χ3v) is 4.28. The highest BCUT2D eigenvalue weighted by Gasteiger charge is 2.26. The Morgan fingerprint density at radius 3 is 2.43 bits per heavy atom. The van der Waals surface area contributed by atoms with E-state index in [0.29, 0.717) is 13.1 Å². The van der Waals surface area contributed by atoms with Gasteiger partial charge in [-0.15, -0.1) is 6.58 Å². The molecule has 2 fully saturated rings. The zero-order chi connectivity index (χ0) is 15.1. The highest BCUT2D eigenvalue weighted by Crippen LogP contribution is 2.24. The van der Waals surface area contributed by atoms with Crippen LogP contribution in [-0.2, 0) is 4.79 Å². The molecule has 2 N–H and O–H groups in total. The van der Waals surface area contributed by atoms with E-state index in [-0.39, 0.29) is 5.91 Å². The van der Waals surface area contributed by atoms with Crippen LogP contribution in [0.4, 0.5) is 4.79 Å². The first kappa shape index (κ1) is 16.0. The molecule has 1 aliphatic heterocycles. The van der Waals surface area contributed by atoms with Crippen molar-refractivity contribution in [1.29, 1.82) is 0 Å². The Hall–Kier alpha value is -1.40. The van der Waals surface area contributed by atoms with Gasteiger partial charge in [0.1, 0.15) is 0 Å². The Kier molecular flexibility index (Phi) is 6.20. The van der Waals surface area contributed by atoms with Crippen molar-refractivity contribution in [1.82, 2.24) is 20.4 Å². The minimum absolute atomic E-state index is 0.245. The van der Waals surface area contributed by atoms with E-state index in [1.165, 1.54) is 25.7 Å².